The molecule has 1 rings (SSSR count). The summed E-state index contributed by atoms with van der Waals surface area (Å²) in [4.78, 5) is 11.9. The zero-order chi connectivity index (χ0) is 14.1. The van der Waals surface area contributed by atoms with Gasteiger partial charge in [0.25, 0.3) is 0 Å². The normalized spacial score (nSPS) is 11.3. The fourth-order valence-electron chi connectivity index (χ4n) is 1.71. The Balaban J connectivity index is 2.68. The summed E-state index contributed by atoms with van der Waals surface area (Å²) < 4.78 is 5.02. The van der Waals surface area contributed by atoms with Crippen molar-refractivity contribution in [3.8, 4) is 11.8 Å². The Bertz CT molecular complexity index is 475. The van der Waals surface area contributed by atoms with E-state index < -0.39 is 0 Å². The summed E-state index contributed by atoms with van der Waals surface area (Å²) in [5, 5.41) is 2.87. The Labute approximate surface area is 114 Å². The number of carbonyl (C=O) groups excluding carboxylic acids is 1. The first-order valence-corrected chi connectivity index (χ1v) is 6.24. The van der Waals surface area contributed by atoms with E-state index in [0.717, 1.165) is 11.3 Å². The highest BCUT2D eigenvalue weighted by atomic mass is 16.5. The molecule has 0 saturated heterocycles. The molecule has 0 aromatic heterocycles. The number of para-hydroxylation sites is 1. The third-order valence-electron chi connectivity index (χ3n) is 2.51. The van der Waals surface area contributed by atoms with Gasteiger partial charge in [-0.15, -0.1) is 0 Å². The van der Waals surface area contributed by atoms with Crippen LogP contribution in [0.3, 0.4) is 0 Å². The van der Waals surface area contributed by atoms with Crippen molar-refractivity contribution in [3.05, 3.63) is 29.8 Å². The quantitative estimate of drug-likeness (QED) is 0.790. The molecule has 1 aromatic carbocycles. The highest BCUT2D eigenvalue weighted by Crippen LogP contribution is 2.15. The number of nitrogens with two attached hydrogens (primary N) is 1. The molecule has 0 radical (unpaired) electrons. The van der Waals surface area contributed by atoms with Gasteiger partial charge >= 0.3 is 0 Å². The molecule has 1 amide bonds. The zero-order valence-electron chi connectivity index (χ0n) is 11.4. The molecule has 3 N–H and O–H groups in total. The van der Waals surface area contributed by atoms with E-state index in [4.69, 9.17) is 10.5 Å². The number of amides is 1. The molecule has 0 aliphatic carbocycles. The van der Waals surface area contributed by atoms with Crippen LogP contribution >= 0.6 is 0 Å². The lowest BCUT2D eigenvalue weighted by atomic mass is 10.1. The van der Waals surface area contributed by atoms with Gasteiger partial charge in [0.2, 0.25) is 5.91 Å². The number of hydrogen-bond acceptors (Lipinski definition) is 3. The number of rotatable bonds is 5. The first-order valence-electron chi connectivity index (χ1n) is 6.24. The minimum Gasteiger partial charge on any atom is -0.384 e. The van der Waals surface area contributed by atoms with Gasteiger partial charge in [-0.25, -0.2) is 0 Å². The third kappa shape index (κ3) is 5.56. The minimum absolute atomic E-state index is 0.0356. The van der Waals surface area contributed by atoms with Crippen LogP contribution in [-0.4, -0.2) is 26.2 Å². The van der Waals surface area contributed by atoms with E-state index in [1.54, 1.807) is 7.11 Å². The van der Waals surface area contributed by atoms with Gasteiger partial charge in [-0.1, -0.05) is 30.9 Å². The maximum absolute atomic E-state index is 11.9. The van der Waals surface area contributed by atoms with Crippen molar-refractivity contribution in [1.82, 2.24) is 0 Å². The maximum Gasteiger partial charge on any atom is 0.224 e. The molecule has 0 fully saturated rings. The molecular weight excluding hydrogens is 240 g/mol. The third-order valence-corrected chi connectivity index (χ3v) is 2.51. The fraction of sp³-hybridized carbons (Fsp3) is 0.400. The summed E-state index contributed by atoms with van der Waals surface area (Å²) >= 11 is 0. The lowest BCUT2D eigenvalue weighted by molar-refractivity contribution is -0.117. The van der Waals surface area contributed by atoms with Gasteiger partial charge in [-0.3, -0.25) is 4.79 Å². The standard InChI is InChI=1S/C15H20N2O2/c1-12(11-19-2)10-15(18)17-14-8-4-3-6-13(14)7-5-9-16/h3-4,6,8,12H,9-11,16H2,1-2H3,(H,17,18). The number of hydrogen-bond donors (Lipinski definition) is 2. The van der Waals surface area contributed by atoms with Crippen molar-refractivity contribution in [2.24, 2.45) is 11.7 Å². The molecule has 0 bridgehead atoms. The van der Waals surface area contributed by atoms with Crippen molar-refractivity contribution in [2.45, 2.75) is 13.3 Å². The van der Waals surface area contributed by atoms with E-state index in [1.807, 2.05) is 31.2 Å². The van der Waals surface area contributed by atoms with Crippen LogP contribution in [0.1, 0.15) is 18.9 Å². The summed E-state index contributed by atoms with van der Waals surface area (Å²) in [7, 11) is 1.63. The van der Waals surface area contributed by atoms with E-state index in [1.165, 1.54) is 0 Å². The average Bonchev–Trinajstić information content (AvgIpc) is 2.37. The SMILES string of the molecule is COCC(C)CC(=O)Nc1ccccc1C#CCN. The number of ether oxygens (including phenoxy) is 1. The lowest BCUT2D eigenvalue weighted by Gasteiger charge is -2.11. The van der Waals surface area contributed by atoms with Gasteiger partial charge in [0, 0.05) is 25.7 Å². The van der Waals surface area contributed by atoms with Gasteiger partial charge in [0.1, 0.15) is 0 Å². The summed E-state index contributed by atoms with van der Waals surface area (Å²) in [5.41, 5.74) is 6.85. The largest absolute Gasteiger partial charge is 0.384 e. The number of methoxy groups -OCH3 is 1. The highest BCUT2D eigenvalue weighted by Gasteiger charge is 2.10. The Hall–Kier alpha value is -1.83. The summed E-state index contributed by atoms with van der Waals surface area (Å²) in [6.07, 6.45) is 0.423. The Morgan fingerprint density at radius 1 is 1.47 bits per heavy atom. The monoisotopic (exact) mass is 260 g/mol. The molecule has 19 heavy (non-hydrogen) atoms. The molecule has 0 saturated carbocycles. The first-order chi connectivity index (χ1) is 9.17. The Morgan fingerprint density at radius 2 is 2.21 bits per heavy atom. The van der Waals surface area contributed by atoms with Crippen LogP contribution in [0.15, 0.2) is 24.3 Å². The van der Waals surface area contributed by atoms with Crippen molar-refractivity contribution < 1.29 is 9.53 Å². The van der Waals surface area contributed by atoms with Gasteiger partial charge in [0.05, 0.1) is 12.2 Å². The predicted molar refractivity (Wildman–Crippen MR) is 76.7 cm³/mol. The maximum atomic E-state index is 11.9. The minimum atomic E-state index is -0.0356. The van der Waals surface area contributed by atoms with Crippen LogP contribution in [-0.2, 0) is 9.53 Å². The summed E-state index contributed by atoms with van der Waals surface area (Å²) in [6.45, 7) is 2.85. The van der Waals surface area contributed by atoms with Crippen LogP contribution < -0.4 is 11.1 Å². The van der Waals surface area contributed by atoms with E-state index in [0.29, 0.717) is 19.6 Å². The number of benzene rings is 1. The van der Waals surface area contributed by atoms with Gasteiger partial charge < -0.3 is 15.8 Å². The molecule has 1 aromatic rings. The zero-order valence-corrected chi connectivity index (χ0v) is 11.4. The molecular formula is C15H20N2O2. The van der Waals surface area contributed by atoms with Crippen LogP contribution in [0.4, 0.5) is 5.69 Å². The molecule has 1 unspecified atom stereocenters. The molecule has 0 heterocycles. The van der Waals surface area contributed by atoms with Crippen molar-refractivity contribution in [1.29, 1.82) is 0 Å². The fourth-order valence-corrected chi connectivity index (χ4v) is 1.71. The van der Waals surface area contributed by atoms with E-state index in [2.05, 4.69) is 17.2 Å². The Kier molecular flexibility index (Phi) is 6.65. The van der Waals surface area contributed by atoms with Crippen LogP contribution in [0.5, 0.6) is 0 Å². The van der Waals surface area contributed by atoms with Gasteiger partial charge in [-0.05, 0) is 18.1 Å². The molecule has 1 atom stereocenters. The van der Waals surface area contributed by atoms with Crippen molar-refractivity contribution in [3.63, 3.8) is 0 Å². The lowest BCUT2D eigenvalue weighted by Crippen LogP contribution is -2.18. The molecule has 0 aliphatic rings. The van der Waals surface area contributed by atoms with Gasteiger partial charge in [0.15, 0.2) is 0 Å². The van der Waals surface area contributed by atoms with E-state index in [-0.39, 0.29) is 11.8 Å². The Morgan fingerprint density at radius 3 is 2.89 bits per heavy atom. The summed E-state index contributed by atoms with van der Waals surface area (Å²) in [6, 6.07) is 7.43. The number of anilines is 1. The van der Waals surface area contributed by atoms with Crippen LogP contribution in [0, 0.1) is 17.8 Å². The second kappa shape index (κ2) is 8.30. The van der Waals surface area contributed by atoms with Crippen molar-refractivity contribution in [2.75, 3.05) is 25.6 Å². The molecule has 4 nitrogen and oxygen atoms in total. The van der Waals surface area contributed by atoms with E-state index >= 15 is 0 Å². The van der Waals surface area contributed by atoms with E-state index in [9.17, 15) is 4.79 Å². The highest BCUT2D eigenvalue weighted by molar-refractivity contribution is 5.92. The molecule has 0 spiro atoms. The molecule has 4 heteroatoms. The molecule has 102 valence electrons. The van der Waals surface area contributed by atoms with Gasteiger partial charge in [-0.2, -0.15) is 0 Å². The van der Waals surface area contributed by atoms with Crippen molar-refractivity contribution >= 4 is 11.6 Å². The average molecular weight is 260 g/mol. The predicted octanol–water partition coefficient (Wildman–Crippen LogP) is 1.61. The number of carbonyl (C=O) groups is 1. The smallest absolute Gasteiger partial charge is 0.224 e. The second-order valence-electron chi connectivity index (χ2n) is 4.36. The van der Waals surface area contributed by atoms with Crippen LogP contribution in [0.25, 0.3) is 0 Å². The topological polar surface area (TPSA) is 64.3 Å². The number of nitrogens with one attached hydrogen (secondary N) is 1. The first kappa shape index (κ1) is 15.2. The molecule has 0 aliphatic heterocycles. The second-order valence-corrected chi connectivity index (χ2v) is 4.36. The summed E-state index contributed by atoms with van der Waals surface area (Å²) in [5.74, 6) is 5.88. The van der Waals surface area contributed by atoms with Crippen LogP contribution in [0.2, 0.25) is 0 Å².